The summed E-state index contributed by atoms with van der Waals surface area (Å²) in [7, 11) is 0. The van der Waals surface area contributed by atoms with Crippen LogP contribution < -0.4 is 4.99 Å². The van der Waals surface area contributed by atoms with Crippen molar-refractivity contribution in [2.75, 3.05) is 0 Å². The third kappa shape index (κ3) is 1.95. The van der Waals surface area contributed by atoms with Crippen LogP contribution in [0.1, 0.15) is 11.1 Å². The van der Waals surface area contributed by atoms with Crippen LogP contribution in [-0.2, 0) is 4.84 Å². The lowest BCUT2D eigenvalue weighted by Gasteiger charge is -1.88. The highest BCUT2D eigenvalue weighted by atomic mass is 16.6. The standard InChI is InChI=1S/C14H9N2O/c1-3-7-11(8-4-1)13-15-14(17-16-13)12-9-5-2-6-10-12/h2-10H/q+1. The summed E-state index contributed by atoms with van der Waals surface area (Å²) in [6.45, 7) is 0. The van der Waals surface area contributed by atoms with Gasteiger partial charge in [-0.2, -0.15) is 0 Å². The number of amidine groups is 1. The van der Waals surface area contributed by atoms with Crippen molar-refractivity contribution in [3.8, 4) is 0 Å². The van der Waals surface area contributed by atoms with Gasteiger partial charge in [0.15, 0.2) is 5.16 Å². The second kappa shape index (κ2) is 4.22. The van der Waals surface area contributed by atoms with Gasteiger partial charge in [0, 0.05) is 4.99 Å². The highest BCUT2D eigenvalue weighted by molar-refractivity contribution is 6.09. The fourth-order valence-corrected chi connectivity index (χ4v) is 1.57. The van der Waals surface area contributed by atoms with E-state index in [4.69, 9.17) is 4.84 Å². The molecule has 0 saturated carbocycles. The van der Waals surface area contributed by atoms with Crippen LogP contribution in [-0.4, -0.2) is 11.7 Å². The Hall–Kier alpha value is -2.42. The molecule has 0 aromatic heterocycles. The molecule has 3 heteroatoms. The average Bonchev–Trinajstić information content (AvgIpc) is 2.90. The molecule has 0 saturated heterocycles. The molecule has 0 fully saturated rings. The first kappa shape index (κ1) is 9.78. The normalized spacial score (nSPS) is 13.9. The van der Waals surface area contributed by atoms with Crippen LogP contribution in [0.4, 0.5) is 0 Å². The van der Waals surface area contributed by atoms with Crippen molar-refractivity contribution in [3.05, 3.63) is 71.8 Å². The van der Waals surface area contributed by atoms with E-state index in [1.165, 1.54) is 0 Å². The van der Waals surface area contributed by atoms with E-state index in [9.17, 15) is 0 Å². The van der Waals surface area contributed by atoms with E-state index in [0.717, 1.165) is 11.1 Å². The van der Waals surface area contributed by atoms with Crippen molar-refractivity contribution in [2.45, 2.75) is 0 Å². The lowest BCUT2D eigenvalue weighted by molar-refractivity contribution is 0.341. The number of aliphatic imine (C=N–C) groups is 1. The third-order valence-corrected chi connectivity index (χ3v) is 2.42. The zero-order valence-corrected chi connectivity index (χ0v) is 9.00. The summed E-state index contributed by atoms with van der Waals surface area (Å²) in [5, 5.41) is 3.96. The van der Waals surface area contributed by atoms with E-state index in [1.807, 2.05) is 54.6 Å². The predicted molar refractivity (Wildman–Crippen MR) is 65.6 cm³/mol. The van der Waals surface area contributed by atoms with Crippen LogP contribution in [0.5, 0.6) is 0 Å². The van der Waals surface area contributed by atoms with Gasteiger partial charge in [-0.05, 0) is 30.3 Å². The molecule has 80 valence electrons. The minimum atomic E-state index is 0.536. The van der Waals surface area contributed by atoms with Crippen LogP contribution in [0, 0.1) is 6.07 Å². The van der Waals surface area contributed by atoms with E-state index >= 15 is 0 Å². The maximum Gasteiger partial charge on any atom is 0.421 e. The van der Waals surface area contributed by atoms with Gasteiger partial charge in [-0.15, -0.1) is 0 Å². The van der Waals surface area contributed by atoms with Crippen LogP contribution in [0.3, 0.4) is 0 Å². The molecule has 0 unspecified atom stereocenters. The van der Waals surface area contributed by atoms with Crippen molar-refractivity contribution in [1.82, 2.24) is 4.99 Å². The van der Waals surface area contributed by atoms with E-state index in [1.54, 1.807) is 0 Å². The Bertz CT molecular complexity index is 574. The molecule has 2 aromatic carbocycles. The first-order valence-electron chi connectivity index (χ1n) is 5.29. The molecule has 3 nitrogen and oxygen atoms in total. The quantitative estimate of drug-likeness (QED) is 0.763. The number of nitrogens with zero attached hydrogens (tertiary/aromatic N) is 2. The monoisotopic (exact) mass is 221 g/mol. The van der Waals surface area contributed by atoms with Crippen molar-refractivity contribution < 1.29 is 4.84 Å². The van der Waals surface area contributed by atoms with E-state index < -0.39 is 0 Å². The summed E-state index contributed by atoms with van der Waals surface area (Å²) < 4.78 is 0. The molecule has 17 heavy (non-hydrogen) atoms. The third-order valence-electron chi connectivity index (χ3n) is 2.42. The molecular formula is C14H9N2O+. The zero-order valence-electron chi connectivity index (χ0n) is 9.00. The number of benzene rings is 2. The van der Waals surface area contributed by atoms with Crippen molar-refractivity contribution >= 4 is 11.7 Å². The highest BCUT2D eigenvalue weighted by Gasteiger charge is 2.28. The Morgan fingerprint density at radius 2 is 1.71 bits per heavy atom. The van der Waals surface area contributed by atoms with Crippen molar-refractivity contribution in [3.63, 3.8) is 0 Å². The largest absolute Gasteiger partial charge is 0.421 e. The van der Waals surface area contributed by atoms with Gasteiger partial charge < -0.3 is 0 Å². The second-order valence-electron chi connectivity index (χ2n) is 3.58. The van der Waals surface area contributed by atoms with Gasteiger partial charge in [0.05, 0.1) is 11.1 Å². The molecule has 1 aliphatic heterocycles. The molecule has 0 atom stereocenters. The Kier molecular flexibility index (Phi) is 2.43. The number of hydrogen-bond donors (Lipinski definition) is 0. The lowest BCUT2D eigenvalue weighted by Crippen LogP contribution is -2.10. The molecule has 1 aliphatic rings. The first-order valence-corrected chi connectivity index (χ1v) is 5.29. The summed E-state index contributed by atoms with van der Waals surface area (Å²) >= 11 is 0. The van der Waals surface area contributed by atoms with E-state index in [0.29, 0.717) is 11.7 Å². The van der Waals surface area contributed by atoms with Gasteiger partial charge in [-0.25, -0.2) is 4.84 Å². The Labute approximate surface area is 99.1 Å². The number of hydrogen-bond acceptors (Lipinski definition) is 3. The predicted octanol–water partition coefficient (Wildman–Crippen LogP) is 1.96. The molecule has 3 rings (SSSR count). The molecule has 0 amide bonds. The average molecular weight is 221 g/mol. The summed E-state index contributed by atoms with van der Waals surface area (Å²) in [4.78, 5) is 9.59. The Balaban J connectivity index is 1.91. The van der Waals surface area contributed by atoms with Gasteiger partial charge in [-0.1, -0.05) is 30.3 Å². The summed E-state index contributed by atoms with van der Waals surface area (Å²) in [6, 6.07) is 20.1. The Morgan fingerprint density at radius 3 is 2.47 bits per heavy atom. The molecule has 0 aliphatic carbocycles. The maximum atomic E-state index is 5.23. The van der Waals surface area contributed by atoms with E-state index in [2.05, 4.69) is 16.2 Å². The summed E-state index contributed by atoms with van der Waals surface area (Å²) in [5.74, 6) is 1.13. The molecule has 2 radical (unpaired) electrons. The van der Waals surface area contributed by atoms with Gasteiger partial charge in [0.1, 0.15) is 0 Å². The topological polar surface area (TPSA) is 35.7 Å². The first-order chi connectivity index (χ1) is 8.43. The fraction of sp³-hybridized carbons (Fsp3) is 0. The van der Waals surface area contributed by atoms with Gasteiger partial charge in [0.2, 0.25) is 0 Å². The smallest absolute Gasteiger partial charge is 0.208 e. The van der Waals surface area contributed by atoms with E-state index in [-0.39, 0.29) is 0 Å². The zero-order chi connectivity index (χ0) is 11.5. The molecule has 0 N–H and O–H groups in total. The van der Waals surface area contributed by atoms with Crippen molar-refractivity contribution in [2.24, 2.45) is 5.16 Å². The molecule has 0 bridgehead atoms. The summed E-state index contributed by atoms with van der Waals surface area (Å²) in [5.41, 5.74) is 1.85. The van der Waals surface area contributed by atoms with Gasteiger partial charge >= 0.3 is 11.7 Å². The number of oxime groups is 1. The van der Waals surface area contributed by atoms with Crippen LogP contribution in [0.15, 0.2) is 59.8 Å². The number of rotatable bonds is 2. The van der Waals surface area contributed by atoms with Crippen LogP contribution in [0.2, 0.25) is 0 Å². The minimum absolute atomic E-state index is 0.536. The lowest BCUT2D eigenvalue weighted by atomic mass is 10.2. The summed E-state index contributed by atoms with van der Waals surface area (Å²) in [6.07, 6.45) is 0. The molecule has 1 heterocycles. The van der Waals surface area contributed by atoms with Gasteiger partial charge in [0.25, 0.3) is 0 Å². The van der Waals surface area contributed by atoms with Crippen LogP contribution >= 0.6 is 0 Å². The molecule has 2 aromatic rings. The fourth-order valence-electron chi connectivity index (χ4n) is 1.57. The SMILES string of the molecule is [c]1ccc(C2=NOC(c3ccccc3)=[N+]2)cc1. The minimum Gasteiger partial charge on any atom is -0.208 e. The second-order valence-corrected chi connectivity index (χ2v) is 3.58. The van der Waals surface area contributed by atoms with Crippen LogP contribution in [0.25, 0.3) is 0 Å². The van der Waals surface area contributed by atoms with Gasteiger partial charge in [-0.3, -0.25) is 0 Å². The maximum absolute atomic E-state index is 5.23. The Morgan fingerprint density at radius 1 is 0.941 bits per heavy atom. The molecule has 0 spiro atoms. The molecular weight excluding hydrogens is 212 g/mol. The highest BCUT2D eigenvalue weighted by Crippen LogP contribution is 2.08. The van der Waals surface area contributed by atoms with Crippen molar-refractivity contribution in [1.29, 1.82) is 0 Å².